The van der Waals surface area contributed by atoms with E-state index in [0.29, 0.717) is 0 Å². The first kappa shape index (κ1) is 12.9. The molecule has 2 aliphatic rings. The summed E-state index contributed by atoms with van der Waals surface area (Å²) in [4.78, 5) is 0. The van der Waals surface area contributed by atoms with Gasteiger partial charge >= 0.3 is 0 Å². The highest BCUT2D eigenvalue weighted by atomic mass is 16.5. The summed E-state index contributed by atoms with van der Waals surface area (Å²) in [6.45, 7) is 0.794. The molecule has 0 spiro atoms. The molecule has 1 aromatic carbocycles. The fourth-order valence-electron chi connectivity index (χ4n) is 3.26. The first-order chi connectivity index (χ1) is 9.36. The van der Waals surface area contributed by atoms with Gasteiger partial charge in [-0.05, 0) is 43.2 Å². The van der Waals surface area contributed by atoms with E-state index < -0.39 is 0 Å². The summed E-state index contributed by atoms with van der Waals surface area (Å²) in [6.07, 6.45) is 9.65. The monoisotopic (exact) mass is 257 g/mol. The van der Waals surface area contributed by atoms with Crippen LogP contribution >= 0.6 is 0 Å². The molecule has 2 nitrogen and oxygen atoms in total. The zero-order valence-corrected chi connectivity index (χ0v) is 11.5. The van der Waals surface area contributed by atoms with Crippen LogP contribution in [0.15, 0.2) is 35.9 Å². The second-order valence-corrected chi connectivity index (χ2v) is 5.64. The number of nitrogens with two attached hydrogens (primary N) is 1. The van der Waals surface area contributed by atoms with Gasteiger partial charge < -0.3 is 10.5 Å². The molecular weight excluding hydrogens is 234 g/mol. The summed E-state index contributed by atoms with van der Waals surface area (Å²) >= 11 is 0. The number of ether oxygens (including phenoxy) is 1. The number of hydrogen-bond acceptors (Lipinski definition) is 2. The lowest BCUT2D eigenvalue weighted by Gasteiger charge is -2.31. The van der Waals surface area contributed by atoms with Gasteiger partial charge in [-0.3, -0.25) is 0 Å². The molecule has 1 aliphatic carbocycles. The Bertz CT molecular complexity index is 466. The van der Waals surface area contributed by atoms with Gasteiger partial charge in [0.05, 0.1) is 12.6 Å². The maximum atomic E-state index is 6.51. The molecule has 3 rings (SSSR count). The number of hydrogen-bond donors (Lipinski definition) is 1. The van der Waals surface area contributed by atoms with Gasteiger partial charge in [-0.15, -0.1) is 0 Å². The molecule has 1 aromatic rings. The smallest absolute Gasteiger partial charge is 0.102 e. The zero-order chi connectivity index (χ0) is 13.1. The van der Waals surface area contributed by atoms with E-state index >= 15 is 0 Å². The molecule has 1 aliphatic heterocycles. The molecular formula is C17H23NO. The Morgan fingerprint density at radius 2 is 2.00 bits per heavy atom. The summed E-state index contributed by atoms with van der Waals surface area (Å²) in [7, 11) is 0. The molecule has 102 valence electrons. The van der Waals surface area contributed by atoms with Crippen LogP contribution in [0.4, 0.5) is 0 Å². The number of rotatable bonds is 2. The highest BCUT2D eigenvalue weighted by Crippen LogP contribution is 2.33. The maximum absolute atomic E-state index is 6.51. The minimum absolute atomic E-state index is 0.0274. The largest absolute Gasteiger partial charge is 0.371 e. The zero-order valence-electron chi connectivity index (χ0n) is 11.5. The predicted molar refractivity (Wildman–Crippen MR) is 78.0 cm³/mol. The van der Waals surface area contributed by atoms with Crippen molar-refractivity contribution >= 4 is 0 Å². The van der Waals surface area contributed by atoms with Gasteiger partial charge in [-0.1, -0.05) is 42.3 Å². The van der Waals surface area contributed by atoms with Gasteiger partial charge in [0.2, 0.25) is 0 Å². The third kappa shape index (κ3) is 2.75. The van der Waals surface area contributed by atoms with E-state index in [1.54, 1.807) is 0 Å². The van der Waals surface area contributed by atoms with Crippen LogP contribution in [0.1, 0.15) is 49.3 Å². The molecule has 0 radical (unpaired) electrons. The van der Waals surface area contributed by atoms with Crippen LogP contribution in [0, 0.1) is 0 Å². The lowest BCUT2D eigenvalue weighted by Crippen LogP contribution is -2.35. The summed E-state index contributed by atoms with van der Waals surface area (Å²) in [6, 6.07) is 8.61. The van der Waals surface area contributed by atoms with Crippen LogP contribution in [0.2, 0.25) is 0 Å². The minimum Gasteiger partial charge on any atom is -0.371 e. The molecule has 2 unspecified atom stereocenters. The molecule has 19 heavy (non-hydrogen) atoms. The van der Waals surface area contributed by atoms with Crippen molar-refractivity contribution in [3.8, 4) is 0 Å². The van der Waals surface area contributed by atoms with Gasteiger partial charge in [-0.2, -0.15) is 0 Å². The number of benzene rings is 1. The van der Waals surface area contributed by atoms with Crippen LogP contribution in [0.3, 0.4) is 0 Å². The Hall–Kier alpha value is -1.12. The van der Waals surface area contributed by atoms with Gasteiger partial charge in [0.15, 0.2) is 0 Å². The quantitative estimate of drug-likeness (QED) is 0.823. The van der Waals surface area contributed by atoms with Crippen LogP contribution in [0.25, 0.3) is 0 Å². The molecule has 2 heteroatoms. The number of allylic oxidation sites excluding steroid dienone is 1. The number of fused-ring (bicyclic) bond motifs is 1. The summed E-state index contributed by atoms with van der Waals surface area (Å²) < 4.78 is 5.99. The molecule has 0 amide bonds. The van der Waals surface area contributed by atoms with E-state index in [4.69, 9.17) is 10.5 Å². The van der Waals surface area contributed by atoms with Crippen molar-refractivity contribution in [2.45, 2.75) is 50.7 Å². The molecule has 0 saturated carbocycles. The van der Waals surface area contributed by atoms with Crippen LogP contribution in [-0.2, 0) is 11.2 Å². The highest BCUT2D eigenvalue weighted by molar-refractivity contribution is 5.34. The van der Waals surface area contributed by atoms with Crippen molar-refractivity contribution in [2.75, 3.05) is 6.61 Å². The SMILES string of the molecule is NC(C1=CCCCCC1)C1OCCc2ccccc21. The van der Waals surface area contributed by atoms with Crippen molar-refractivity contribution < 1.29 is 4.74 Å². The van der Waals surface area contributed by atoms with Crippen molar-refractivity contribution in [3.63, 3.8) is 0 Å². The fourth-order valence-corrected chi connectivity index (χ4v) is 3.26. The molecule has 0 bridgehead atoms. The van der Waals surface area contributed by atoms with Crippen LogP contribution in [0.5, 0.6) is 0 Å². The average molecular weight is 257 g/mol. The second kappa shape index (κ2) is 5.89. The van der Waals surface area contributed by atoms with E-state index in [-0.39, 0.29) is 12.1 Å². The van der Waals surface area contributed by atoms with Crippen molar-refractivity contribution in [1.29, 1.82) is 0 Å². The normalized spacial score (nSPS) is 25.1. The van der Waals surface area contributed by atoms with Crippen molar-refractivity contribution in [3.05, 3.63) is 47.0 Å². The molecule has 0 saturated heterocycles. The van der Waals surface area contributed by atoms with Gasteiger partial charge in [-0.25, -0.2) is 0 Å². The Morgan fingerprint density at radius 1 is 1.11 bits per heavy atom. The highest BCUT2D eigenvalue weighted by Gasteiger charge is 2.28. The Labute approximate surface area is 115 Å². The summed E-state index contributed by atoms with van der Waals surface area (Å²) in [5.74, 6) is 0. The Morgan fingerprint density at radius 3 is 2.95 bits per heavy atom. The molecule has 2 N–H and O–H groups in total. The van der Waals surface area contributed by atoms with Crippen LogP contribution < -0.4 is 5.73 Å². The maximum Gasteiger partial charge on any atom is 0.102 e. The fraction of sp³-hybridized carbons (Fsp3) is 0.529. The van der Waals surface area contributed by atoms with Crippen molar-refractivity contribution in [1.82, 2.24) is 0 Å². The first-order valence-electron chi connectivity index (χ1n) is 7.50. The van der Waals surface area contributed by atoms with Crippen LogP contribution in [-0.4, -0.2) is 12.6 Å². The van der Waals surface area contributed by atoms with E-state index in [2.05, 4.69) is 30.3 Å². The van der Waals surface area contributed by atoms with E-state index in [9.17, 15) is 0 Å². The third-order valence-electron chi connectivity index (χ3n) is 4.36. The third-order valence-corrected chi connectivity index (χ3v) is 4.36. The van der Waals surface area contributed by atoms with Gasteiger partial charge in [0.1, 0.15) is 6.10 Å². The molecule has 1 heterocycles. The predicted octanol–water partition coefficient (Wildman–Crippen LogP) is 3.52. The van der Waals surface area contributed by atoms with Crippen molar-refractivity contribution in [2.24, 2.45) is 5.73 Å². The molecule has 0 fully saturated rings. The summed E-state index contributed by atoms with van der Waals surface area (Å²) in [5, 5.41) is 0. The molecule has 0 aromatic heterocycles. The summed E-state index contributed by atoms with van der Waals surface area (Å²) in [5.41, 5.74) is 10.6. The Balaban J connectivity index is 1.84. The lowest BCUT2D eigenvalue weighted by molar-refractivity contribution is 0.0313. The topological polar surface area (TPSA) is 35.2 Å². The molecule has 2 atom stereocenters. The van der Waals surface area contributed by atoms with E-state index in [0.717, 1.165) is 19.4 Å². The van der Waals surface area contributed by atoms with Gasteiger partial charge in [0.25, 0.3) is 0 Å². The lowest BCUT2D eigenvalue weighted by atomic mass is 9.89. The average Bonchev–Trinajstić information content (AvgIpc) is 2.75. The Kier molecular flexibility index (Phi) is 4.00. The minimum atomic E-state index is 0.0274. The first-order valence-corrected chi connectivity index (χ1v) is 7.50. The van der Waals surface area contributed by atoms with E-state index in [1.165, 1.54) is 42.4 Å². The standard InChI is InChI=1S/C17H23NO/c18-16(14-8-3-1-2-4-9-14)17-15-10-6-5-7-13(15)11-12-19-17/h5-8,10,16-17H,1-4,9,11-12,18H2. The second-order valence-electron chi connectivity index (χ2n) is 5.64. The van der Waals surface area contributed by atoms with Gasteiger partial charge in [0, 0.05) is 0 Å². The van der Waals surface area contributed by atoms with E-state index in [1.807, 2.05) is 0 Å².